The summed E-state index contributed by atoms with van der Waals surface area (Å²) in [7, 11) is 2.07. The number of aryl methyl sites for hydroxylation is 1. The highest BCUT2D eigenvalue weighted by molar-refractivity contribution is 8.00. The third-order valence-corrected chi connectivity index (χ3v) is 4.82. The quantitative estimate of drug-likeness (QED) is 0.832. The second-order valence-electron chi connectivity index (χ2n) is 5.03. The maximum Gasteiger partial charge on any atom is 0.0158 e. The van der Waals surface area contributed by atoms with Crippen molar-refractivity contribution >= 4 is 23.1 Å². The molecule has 0 fully saturated rings. The van der Waals surface area contributed by atoms with Crippen molar-refractivity contribution in [3.05, 3.63) is 22.4 Å². The van der Waals surface area contributed by atoms with Crippen molar-refractivity contribution < 1.29 is 0 Å². The van der Waals surface area contributed by atoms with Gasteiger partial charge in [-0.2, -0.15) is 11.8 Å². The molecule has 1 atom stereocenters. The predicted octanol–water partition coefficient (Wildman–Crippen LogP) is 3.80. The minimum absolute atomic E-state index is 0.373. The molecule has 1 heterocycles. The average Bonchev–Trinajstić information content (AvgIpc) is 2.69. The van der Waals surface area contributed by atoms with E-state index in [2.05, 4.69) is 50.6 Å². The molecule has 0 amide bonds. The van der Waals surface area contributed by atoms with Gasteiger partial charge in [-0.3, -0.25) is 0 Å². The van der Waals surface area contributed by atoms with Crippen LogP contribution in [0.25, 0.3) is 0 Å². The molecule has 0 saturated heterocycles. The van der Waals surface area contributed by atoms with Crippen molar-refractivity contribution in [1.29, 1.82) is 0 Å². The molecular weight excluding hydrogens is 234 g/mol. The lowest BCUT2D eigenvalue weighted by Gasteiger charge is -2.22. The zero-order chi connectivity index (χ0) is 12.0. The molecular formula is C13H23NS2. The van der Waals surface area contributed by atoms with Crippen molar-refractivity contribution in [2.45, 2.75) is 44.4 Å². The molecule has 3 heteroatoms. The van der Waals surface area contributed by atoms with Gasteiger partial charge in [-0.15, -0.1) is 11.3 Å². The fraction of sp³-hybridized carbons (Fsp3) is 0.692. The van der Waals surface area contributed by atoms with Crippen molar-refractivity contribution in [2.24, 2.45) is 0 Å². The summed E-state index contributed by atoms with van der Waals surface area (Å²) in [5.74, 6) is 1.20. The van der Waals surface area contributed by atoms with Crippen LogP contribution in [0.1, 0.15) is 32.1 Å². The molecule has 0 radical (unpaired) electrons. The van der Waals surface area contributed by atoms with Crippen molar-refractivity contribution in [3.8, 4) is 0 Å². The smallest absolute Gasteiger partial charge is 0.0158 e. The Morgan fingerprint density at radius 1 is 1.44 bits per heavy atom. The number of thiophene rings is 1. The summed E-state index contributed by atoms with van der Waals surface area (Å²) in [6.07, 6.45) is 2.44. The van der Waals surface area contributed by atoms with Gasteiger partial charge >= 0.3 is 0 Å². The van der Waals surface area contributed by atoms with Crippen molar-refractivity contribution in [3.63, 3.8) is 0 Å². The number of rotatable bonds is 6. The molecule has 1 nitrogen and oxygen atoms in total. The van der Waals surface area contributed by atoms with Crippen LogP contribution in [0.5, 0.6) is 0 Å². The summed E-state index contributed by atoms with van der Waals surface area (Å²) in [5.41, 5.74) is 0. The molecule has 1 unspecified atom stereocenters. The zero-order valence-corrected chi connectivity index (χ0v) is 12.4. The molecule has 0 saturated carbocycles. The van der Waals surface area contributed by atoms with Gasteiger partial charge in [0.2, 0.25) is 0 Å². The number of hydrogen-bond acceptors (Lipinski definition) is 3. The Bertz CT molecular complexity index is 275. The van der Waals surface area contributed by atoms with Gasteiger partial charge in [0.1, 0.15) is 0 Å². The van der Waals surface area contributed by atoms with E-state index < -0.39 is 0 Å². The van der Waals surface area contributed by atoms with Crippen molar-refractivity contribution in [1.82, 2.24) is 5.32 Å². The standard InChI is InChI=1S/C13H23NS2/c1-13(2,3)16-10-11(14-4)7-8-12-6-5-9-15-12/h5-6,9,11,14H,7-8,10H2,1-4H3. The molecule has 0 aromatic carbocycles. The number of hydrogen-bond donors (Lipinski definition) is 1. The summed E-state index contributed by atoms with van der Waals surface area (Å²) in [5, 5.41) is 5.58. The average molecular weight is 257 g/mol. The van der Waals surface area contributed by atoms with E-state index in [4.69, 9.17) is 0 Å². The maximum atomic E-state index is 3.42. The van der Waals surface area contributed by atoms with E-state index in [0.29, 0.717) is 10.8 Å². The molecule has 16 heavy (non-hydrogen) atoms. The summed E-state index contributed by atoms with van der Waals surface area (Å²) in [6, 6.07) is 5.00. The second-order valence-corrected chi connectivity index (χ2v) is 7.91. The van der Waals surface area contributed by atoms with Gasteiger partial charge in [0.05, 0.1) is 0 Å². The van der Waals surface area contributed by atoms with E-state index in [1.165, 1.54) is 23.5 Å². The lowest BCUT2D eigenvalue weighted by Crippen LogP contribution is -2.30. The van der Waals surface area contributed by atoms with Gasteiger partial charge in [-0.05, 0) is 31.3 Å². The van der Waals surface area contributed by atoms with Gasteiger partial charge in [0, 0.05) is 21.4 Å². The third-order valence-electron chi connectivity index (χ3n) is 2.45. The highest BCUT2D eigenvalue weighted by Crippen LogP contribution is 2.24. The van der Waals surface area contributed by atoms with Crippen LogP contribution in [0, 0.1) is 0 Å². The SMILES string of the molecule is CNC(CCc1cccs1)CSC(C)(C)C. The van der Waals surface area contributed by atoms with Crippen LogP contribution in [0.2, 0.25) is 0 Å². The first-order valence-corrected chi connectivity index (χ1v) is 7.71. The predicted molar refractivity (Wildman–Crippen MR) is 77.7 cm³/mol. The van der Waals surface area contributed by atoms with Crippen LogP contribution >= 0.6 is 23.1 Å². The Morgan fingerprint density at radius 2 is 2.19 bits per heavy atom. The molecule has 1 N–H and O–H groups in total. The molecule has 0 aliphatic rings. The molecule has 0 spiro atoms. The molecule has 1 rings (SSSR count). The Balaban J connectivity index is 2.27. The minimum atomic E-state index is 0.373. The van der Waals surface area contributed by atoms with Crippen LogP contribution < -0.4 is 5.32 Å². The van der Waals surface area contributed by atoms with E-state index >= 15 is 0 Å². The highest BCUT2D eigenvalue weighted by Gasteiger charge is 2.14. The van der Waals surface area contributed by atoms with Gasteiger partial charge in [0.25, 0.3) is 0 Å². The molecule has 0 bridgehead atoms. The monoisotopic (exact) mass is 257 g/mol. The first-order chi connectivity index (χ1) is 7.51. The van der Waals surface area contributed by atoms with Crippen molar-refractivity contribution in [2.75, 3.05) is 12.8 Å². The van der Waals surface area contributed by atoms with Gasteiger partial charge < -0.3 is 5.32 Å². The van der Waals surface area contributed by atoms with Gasteiger partial charge in [-0.25, -0.2) is 0 Å². The fourth-order valence-corrected chi connectivity index (χ4v) is 3.19. The molecule has 1 aromatic rings. The van der Waals surface area contributed by atoms with E-state index in [0.717, 1.165) is 0 Å². The maximum absolute atomic E-state index is 3.42. The first kappa shape index (κ1) is 14.1. The largest absolute Gasteiger partial charge is 0.316 e. The van der Waals surface area contributed by atoms with Crippen LogP contribution in [-0.4, -0.2) is 23.6 Å². The number of thioether (sulfide) groups is 1. The normalized spacial score (nSPS) is 14.0. The molecule has 0 aliphatic carbocycles. The Morgan fingerprint density at radius 3 is 2.69 bits per heavy atom. The van der Waals surface area contributed by atoms with Crippen LogP contribution in [-0.2, 0) is 6.42 Å². The first-order valence-electron chi connectivity index (χ1n) is 5.85. The Hall–Kier alpha value is 0.01000. The van der Waals surface area contributed by atoms with E-state index in [9.17, 15) is 0 Å². The summed E-state index contributed by atoms with van der Waals surface area (Å²) >= 11 is 3.91. The van der Waals surface area contributed by atoms with E-state index in [1.54, 1.807) is 0 Å². The van der Waals surface area contributed by atoms with Gasteiger partial charge in [-0.1, -0.05) is 26.8 Å². The van der Waals surface area contributed by atoms with E-state index in [1.807, 2.05) is 23.1 Å². The van der Waals surface area contributed by atoms with Crippen LogP contribution in [0.4, 0.5) is 0 Å². The second kappa shape index (κ2) is 6.67. The topological polar surface area (TPSA) is 12.0 Å². The Kier molecular flexibility index (Phi) is 5.87. The molecule has 1 aromatic heterocycles. The van der Waals surface area contributed by atoms with Crippen LogP contribution in [0.15, 0.2) is 17.5 Å². The van der Waals surface area contributed by atoms with Crippen LogP contribution in [0.3, 0.4) is 0 Å². The summed E-state index contributed by atoms with van der Waals surface area (Å²) in [4.78, 5) is 1.50. The zero-order valence-electron chi connectivity index (χ0n) is 10.7. The number of nitrogens with one attached hydrogen (secondary N) is 1. The van der Waals surface area contributed by atoms with Gasteiger partial charge in [0.15, 0.2) is 0 Å². The molecule has 92 valence electrons. The lowest BCUT2D eigenvalue weighted by atomic mass is 10.1. The van der Waals surface area contributed by atoms with E-state index in [-0.39, 0.29) is 0 Å². The minimum Gasteiger partial charge on any atom is -0.316 e. The Labute approximate surface area is 108 Å². The molecule has 0 aliphatic heterocycles. The lowest BCUT2D eigenvalue weighted by molar-refractivity contribution is 0.573. The summed E-state index contributed by atoms with van der Waals surface area (Å²) < 4.78 is 0.373. The fourth-order valence-electron chi connectivity index (χ4n) is 1.43. The summed E-state index contributed by atoms with van der Waals surface area (Å²) in [6.45, 7) is 6.84. The third kappa shape index (κ3) is 5.92. The highest BCUT2D eigenvalue weighted by atomic mass is 32.2.